The molecule has 0 spiro atoms. The number of piperazine rings is 1. The first-order chi connectivity index (χ1) is 11.1. The van der Waals surface area contributed by atoms with E-state index >= 15 is 0 Å². The number of rotatable bonds is 5. The molecule has 2 rings (SSSR count). The fraction of sp³-hybridized carbons (Fsp3) is 0.471. The highest BCUT2D eigenvalue weighted by atomic mass is 16.5. The number of nitriles is 1. The van der Waals surface area contributed by atoms with Crippen LogP contribution in [0.2, 0.25) is 0 Å². The van der Waals surface area contributed by atoms with E-state index < -0.39 is 0 Å². The lowest BCUT2D eigenvalue weighted by molar-refractivity contribution is -0.139. The van der Waals surface area contributed by atoms with E-state index in [0.717, 1.165) is 11.3 Å². The van der Waals surface area contributed by atoms with Crippen LogP contribution in [0.1, 0.15) is 18.4 Å². The normalized spacial score (nSPS) is 14.3. The lowest BCUT2D eigenvalue weighted by Gasteiger charge is -2.34. The third-order valence-corrected chi connectivity index (χ3v) is 4.00. The molecule has 122 valence electrons. The molecule has 1 heterocycles. The third-order valence-electron chi connectivity index (χ3n) is 4.00. The molecular weight excluding hydrogens is 294 g/mol. The van der Waals surface area contributed by atoms with Crippen LogP contribution in [0.15, 0.2) is 24.3 Å². The van der Waals surface area contributed by atoms with E-state index in [0.29, 0.717) is 39.0 Å². The maximum atomic E-state index is 12.2. The number of methoxy groups -OCH3 is 1. The van der Waals surface area contributed by atoms with Gasteiger partial charge in [-0.3, -0.25) is 9.59 Å². The van der Waals surface area contributed by atoms with Gasteiger partial charge in [0.05, 0.1) is 13.2 Å². The minimum absolute atomic E-state index is 0.0918. The van der Waals surface area contributed by atoms with Crippen LogP contribution in [0, 0.1) is 11.3 Å². The number of carbonyl (C=O) groups excluding carboxylic acids is 2. The largest absolute Gasteiger partial charge is 0.497 e. The quantitative estimate of drug-likeness (QED) is 0.818. The molecule has 0 atom stereocenters. The van der Waals surface area contributed by atoms with Gasteiger partial charge < -0.3 is 14.5 Å². The maximum absolute atomic E-state index is 12.2. The van der Waals surface area contributed by atoms with Crippen LogP contribution in [0.4, 0.5) is 0 Å². The molecule has 1 aromatic carbocycles. The van der Waals surface area contributed by atoms with Gasteiger partial charge in [0.2, 0.25) is 11.8 Å². The van der Waals surface area contributed by atoms with Crippen molar-refractivity contribution in [1.82, 2.24) is 9.80 Å². The Balaban J connectivity index is 1.76. The Kier molecular flexibility index (Phi) is 5.98. The van der Waals surface area contributed by atoms with Gasteiger partial charge in [0, 0.05) is 32.6 Å². The molecule has 0 aliphatic carbocycles. The van der Waals surface area contributed by atoms with E-state index in [1.165, 1.54) is 0 Å². The van der Waals surface area contributed by atoms with E-state index in [9.17, 15) is 9.59 Å². The lowest BCUT2D eigenvalue weighted by Crippen LogP contribution is -2.50. The van der Waals surface area contributed by atoms with Crippen molar-refractivity contribution >= 4 is 11.8 Å². The van der Waals surface area contributed by atoms with Crippen LogP contribution in [0.25, 0.3) is 0 Å². The molecule has 1 aromatic rings. The van der Waals surface area contributed by atoms with Crippen LogP contribution >= 0.6 is 0 Å². The first-order valence-corrected chi connectivity index (χ1v) is 7.69. The summed E-state index contributed by atoms with van der Waals surface area (Å²) in [7, 11) is 1.62. The minimum Gasteiger partial charge on any atom is -0.497 e. The van der Waals surface area contributed by atoms with Gasteiger partial charge in [0.15, 0.2) is 0 Å². The van der Waals surface area contributed by atoms with Gasteiger partial charge in [-0.25, -0.2) is 0 Å². The molecule has 0 bridgehead atoms. The molecule has 6 heteroatoms. The smallest absolute Gasteiger partial charge is 0.236 e. The van der Waals surface area contributed by atoms with E-state index in [1.807, 2.05) is 30.3 Å². The Hall–Kier alpha value is -2.55. The van der Waals surface area contributed by atoms with Crippen molar-refractivity contribution in [2.45, 2.75) is 19.3 Å². The molecule has 0 N–H and O–H groups in total. The second-order valence-electron chi connectivity index (χ2n) is 5.44. The molecule has 1 saturated heterocycles. The molecule has 1 aliphatic rings. The number of hydrogen-bond acceptors (Lipinski definition) is 4. The van der Waals surface area contributed by atoms with Gasteiger partial charge in [-0.15, -0.1) is 0 Å². The van der Waals surface area contributed by atoms with E-state index in [4.69, 9.17) is 10.00 Å². The number of benzene rings is 1. The van der Waals surface area contributed by atoms with Crippen LogP contribution in [-0.4, -0.2) is 54.9 Å². The highest BCUT2D eigenvalue weighted by Crippen LogP contribution is 2.13. The highest BCUT2D eigenvalue weighted by Gasteiger charge is 2.23. The van der Waals surface area contributed by atoms with E-state index in [1.54, 1.807) is 16.9 Å². The van der Waals surface area contributed by atoms with Crippen molar-refractivity contribution in [3.05, 3.63) is 29.8 Å². The standard InChI is InChI=1S/C17H21N3O3/c1-23-15-5-2-14(3-6-15)4-7-16(21)19-10-12-20(13-11-19)17(22)8-9-18/h2-3,5-6H,4,7-8,10-13H2,1H3. The fourth-order valence-corrected chi connectivity index (χ4v) is 2.59. The average molecular weight is 315 g/mol. The number of amides is 2. The zero-order valence-corrected chi connectivity index (χ0v) is 13.3. The molecule has 1 fully saturated rings. The summed E-state index contributed by atoms with van der Waals surface area (Å²) in [5.74, 6) is 0.754. The summed E-state index contributed by atoms with van der Waals surface area (Å²) in [5, 5.41) is 8.55. The van der Waals surface area contributed by atoms with Crippen LogP contribution < -0.4 is 4.74 Å². The van der Waals surface area contributed by atoms with E-state index in [-0.39, 0.29) is 18.2 Å². The van der Waals surface area contributed by atoms with E-state index in [2.05, 4.69) is 0 Å². The summed E-state index contributed by atoms with van der Waals surface area (Å²) in [6.45, 7) is 2.10. The first kappa shape index (κ1) is 16.8. The predicted molar refractivity (Wildman–Crippen MR) is 84.7 cm³/mol. The Morgan fingerprint density at radius 3 is 2.17 bits per heavy atom. The molecule has 6 nitrogen and oxygen atoms in total. The molecule has 2 amide bonds. The molecular formula is C17H21N3O3. The van der Waals surface area contributed by atoms with Crippen molar-refractivity contribution in [2.75, 3.05) is 33.3 Å². The Bertz CT molecular complexity index is 584. The molecule has 0 radical (unpaired) electrons. The monoisotopic (exact) mass is 315 g/mol. The van der Waals surface area contributed by atoms with Crippen molar-refractivity contribution in [1.29, 1.82) is 5.26 Å². The van der Waals surface area contributed by atoms with Crippen molar-refractivity contribution in [3.8, 4) is 11.8 Å². The van der Waals surface area contributed by atoms with Crippen LogP contribution in [0.3, 0.4) is 0 Å². The number of aryl methyl sites for hydroxylation is 1. The van der Waals surface area contributed by atoms with Crippen LogP contribution in [0.5, 0.6) is 5.75 Å². The summed E-state index contributed by atoms with van der Waals surface area (Å²) < 4.78 is 5.11. The van der Waals surface area contributed by atoms with Crippen molar-refractivity contribution in [2.24, 2.45) is 0 Å². The summed E-state index contributed by atoms with van der Waals surface area (Å²) in [6, 6.07) is 9.57. The van der Waals surface area contributed by atoms with Gasteiger partial charge >= 0.3 is 0 Å². The predicted octanol–water partition coefficient (Wildman–Crippen LogP) is 1.21. The number of ether oxygens (including phenoxy) is 1. The van der Waals surface area contributed by atoms with Crippen molar-refractivity contribution < 1.29 is 14.3 Å². The Labute approximate surface area is 136 Å². The summed E-state index contributed by atoms with van der Waals surface area (Å²) in [6.07, 6.45) is 1.06. The highest BCUT2D eigenvalue weighted by molar-refractivity contribution is 5.79. The van der Waals surface area contributed by atoms with Gasteiger partial charge in [-0.05, 0) is 24.1 Å². The first-order valence-electron chi connectivity index (χ1n) is 7.69. The van der Waals surface area contributed by atoms with Crippen LogP contribution in [-0.2, 0) is 16.0 Å². The number of nitrogens with zero attached hydrogens (tertiary/aromatic N) is 3. The van der Waals surface area contributed by atoms with Gasteiger partial charge in [-0.2, -0.15) is 5.26 Å². The molecule has 0 saturated carbocycles. The Morgan fingerprint density at radius 2 is 1.65 bits per heavy atom. The summed E-state index contributed by atoms with van der Waals surface area (Å²) in [4.78, 5) is 27.3. The van der Waals surface area contributed by atoms with Gasteiger partial charge in [-0.1, -0.05) is 12.1 Å². The maximum Gasteiger partial charge on any atom is 0.236 e. The molecule has 23 heavy (non-hydrogen) atoms. The number of carbonyl (C=O) groups is 2. The minimum atomic E-state index is -0.155. The lowest BCUT2D eigenvalue weighted by atomic mass is 10.1. The molecule has 1 aliphatic heterocycles. The average Bonchev–Trinajstić information content (AvgIpc) is 2.60. The SMILES string of the molecule is COc1ccc(CCC(=O)N2CCN(C(=O)CC#N)CC2)cc1. The fourth-order valence-electron chi connectivity index (χ4n) is 2.59. The summed E-state index contributed by atoms with van der Waals surface area (Å²) in [5.41, 5.74) is 1.10. The zero-order valence-electron chi connectivity index (χ0n) is 13.3. The van der Waals surface area contributed by atoms with Crippen molar-refractivity contribution in [3.63, 3.8) is 0 Å². The number of hydrogen-bond donors (Lipinski definition) is 0. The zero-order chi connectivity index (χ0) is 16.7. The topological polar surface area (TPSA) is 73.6 Å². The Morgan fingerprint density at radius 1 is 1.09 bits per heavy atom. The third kappa shape index (κ3) is 4.71. The van der Waals surface area contributed by atoms with Gasteiger partial charge in [0.1, 0.15) is 12.2 Å². The molecule has 0 aromatic heterocycles. The second kappa shape index (κ2) is 8.18. The van der Waals surface area contributed by atoms with Gasteiger partial charge in [0.25, 0.3) is 0 Å². The summed E-state index contributed by atoms with van der Waals surface area (Å²) >= 11 is 0. The second-order valence-corrected chi connectivity index (χ2v) is 5.44. The molecule has 0 unspecified atom stereocenters.